The van der Waals surface area contributed by atoms with Crippen LogP contribution >= 0.6 is 11.5 Å². The van der Waals surface area contributed by atoms with Gasteiger partial charge in [0.2, 0.25) is 0 Å². The fourth-order valence-corrected chi connectivity index (χ4v) is 2.35. The minimum absolute atomic E-state index is 0.00697. The summed E-state index contributed by atoms with van der Waals surface area (Å²) in [5, 5.41) is 4.03. The Hall–Kier alpha value is -0.680. The molecule has 1 unspecified atom stereocenters. The van der Waals surface area contributed by atoms with Gasteiger partial charge in [-0.25, -0.2) is 0 Å². The average Bonchev–Trinajstić information content (AvgIpc) is 2.85. The van der Waals surface area contributed by atoms with Crippen LogP contribution in [0.5, 0.6) is 5.19 Å². The van der Waals surface area contributed by atoms with Crippen molar-refractivity contribution in [3.63, 3.8) is 0 Å². The maximum Gasteiger partial charge on any atom is 0.293 e. The lowest BCUT2D eigenvalue weighted by Crippen LogP contribution is -2.16. The molecule has 1 aromatic heterocycles. The summed E-state index contributed by atoms with van der Waals surface area (Å²) in [4.78, 5) is 4.41. The summed E-state index contributed by atoms with van der Waals surface area (Å²) >= 11 is 1.36. The van der Waals surface area contributed by atoms with E-state index >= 15 is 0 Å². The summed E-state index contributed by atoms with van der Waals surface area (Å²) in [5.74, 6) is 1.50. The van der Waals surface area contributed by atoms with Gasteiger partial charge in [-0.2, -0.15) is 9.36 Å². The zero-order valence-electron chi connectivity index (χ0n) is 10.1. The monoisotopic (exact) mass is 241 g/mol. The number of nitrogens with one attached hydrogen (secondary N) is 1. The summed E-state index contributed by atoms with van der Waals surface area (Å²) in [6.07, 6.45) is 1.20. The molecule has 0 bridgehead atoms. The molecule has 1 N–H and O–H groups in total. The third-order valence-electron chi connectivity index (χ3n) is 2.68. The van der Waals surface area contributed by atoms with E-state index in [-0.39, 0.29) is 5.41 Å². The minimum atomic E-state index is 0.00697. The molecule has 4 nitrogen and oxygen atoms in total. The molecule has 0 saturated carbocycles. The molecule has 1 aliphatic rings. The largest absolute Gasteiger partial charge is 0.469 e. The highest BCUT2D eigenvalue weighted by Crippen LogP contribution is 2.24. The zero-order valence-corrected chi connectivity index (χ0v) is 10.9. The highest BCUT2D eigenvalue weighted by Gasteiger charge is 2.21. The van der Waals surface area contributed by atoms with Crippen LogP contribution in [0.4, 0.5) is 0 Å². The van der Waals surface area contributed by atoms with Crippen LogP contribution in [0.2, 0.25) is 0 Å². The molecule has 2 heterocycles. The van der Waals surface area contributed by atoms with Crippen LogP contribution in [0.15, 0.2) is 0 Å². The molecule has 1 aliphatic heterocycles. The molecule has 1 saturated heterocycles. The third kappa shape index (κ3) is 2.92. The first kappa shape index (κ1) is 11.8. The second-order valence-electron chi connectivity index (χ2n) is 5.30. The van der Waals surface area contributed by atoms with Gasteiger partial charge in [-0.1, -0.05) is 20.8 Å². The van der Waals surface area contributed by atoms with E-state index in [0.717, 1.165) is 25.5 Å². The van der Waals surface area contributed by atoms with E-state index in [2.05, 4.69) is 35.4 Å². The van der Waals surface area contributed by atoms with Crippen LogP contribution in [-0.4, -0.2) is 29.1 Å². The van der Waals surface area contributed by atoms with Gasteiger partial charge in [0.1, 0.15) is 0 Å². The van der Waals surface area contributed by atoms with E-state index in [1.165, 1.54) is 18.0 Å². The first-order valence-corrected chi connectivity index (χ1v) is 6.51. The second-order valence-corrected chi connectivity index (χ2v) is 6.02. The maximum absolute atomic E-state index is 5.67. The first-order valence-electron chi connectivity index (χ1n) is 5.73. The van der Waals surface area contributed by atoms with Crippen molar-refractivity contribution in [2.45, 2.75) is 32.6 Å². The van der Waals surface area contributed by atoms with Crippen molar-refractivity contribution in [1.29, 1.82) is 0 Å². The fraction of sp³-hybridized carbons (Fsp3) is 0.818. The fourth-order valence-electron chi connectivity index (χ4n) is 1.62. The molecule has 0 aliphatic carbocycles. The molecule has 90 valence electrons. The number of nitrogens with zero attached hydrogens (tertiary/aromatic N) is 2. The maximum atomic E-state index is 5.67. The van der Waals surface area contributed by atoms with Crippen molar-refractivity contribution < 1.29 is 4.74 Å². The minimum Gasteiger partial charge on any atom is -0.469 e. The van der Waals surface area contributed by atoms with Crippen LogP contribution in [0.3, 0.4) is 0 Å². The van der Waals surface area contributed by atoms with E-state index in [9.17, 15) is 0 Å². The van der Waals surface area contributed by atoms with Crippen molar-refractivity contribution in [2.24, 2.45) is 5.92 Å². The van der Waals surface area contributed by atoms with Gasteiger partial charge in [-0.05, 0) is 13.0 Å². The van der Waals surface area contributed by atoms with E-state index in [1.807, 2.05) is 0 Å². The third-order valence-corrected chi connectivity index (χ3v) is 3.31. The normalized spacial score (nSPS) is 21.3. The molecule has 5 heteroatoms. The number of hydrogen-bond acceptors (Lipinski definition) is 5. The molecule has 0 spiro atoms. The molecular weight excluding hydrogens is 222 g/mol. The van der Waals surface area contributed by atoms with Crippen LogP contribution in [0.1, 0.15) is 33.0 Å². The lowest BCUT2D eigenvalue weighted by atomic mass is 9.96. The molecule has 1 atom stereocenters. The number of aromatic nitrogens is 2. The molecule has 2 rings (SSSR count). The highest BCUT2D eigenvalue weighted by atomic mass is 32.1. The second kappa shape index (κ2) is 4.67. The van der Waals surface area contributed by atoms with Gasteiger partial charge < -0.3 is 10.1 Å². The van der Waals surface area contributed by atoms with Crippen LogP contribution in [-0.2, 0) is 5.41 Å². The van der Waals surface area contributed by atoms with E-state index < -0.39 is 0 Å². The summed E-state index contributed by atoms with van der Waals surface area (Å²) in [7, 11) is 0. The summed E-state index contributed by atoms with van der Waals surface area (Å²) in [5.41, 5.74) is 0.00697. The van der Waals surface area contributed by atoms with Gasteiger partial charge in [-0.3, -0.25) is 0 Å². The van der Waals surface area contributed by atoms with Gasteiger partial charge >= 0.3 is 0 Å². The predicted octanol–water partition coefficient (Wildman–Crippen LogP) is 1.82. The quantitative estimate of drug-likeness (QED) is 0.877. The topological polar surface area (TPSA) is 47.0 Å². The number of hydrogen-bond donors (Lipinski definition) is 1. The Balaban J connectivity index is 1.87. The van der Waals surface area contributed by atoms with Crippen LogP contribution in [0, 0.1) is 5.92 Å². The Kier molecular flexibility index (Phi) is 3.44. The lowest BCUT2D eigenvalue weighted by molar-refractivity contribution is 0.258. The van der Waals surface area contributed by atoms with E-state index in [1.54, 1.807) is 0 Å². The zero-order chi connectivity index (χ0) is 11.6. The van der Waals surface area contributed by atoms with Crippen molar-refractivity contribution in [2.75, 3.05) is 19.7 Å². The molecule has 16 heavy (non-hydrogen) atoms. The van der Waals surface area contributed by atoms with Gasteiger partial charge in [0, 0.05) is 29.4 Å². The number of ether oxygens (including phenoxy) is 1. The SMILES string of the molecule is CC(C)(C)c1nsc(OCC2CCNC2)n1. The Bertz CT molecular complexity index is 339. The average molecular weight is 241 g/mol. The summed E-state index contributed by atoms with van der Waals surface area (Å²) in [6, 6.07) is 0. The predicted molar refractivity (Wildman–Crippen MR) is 65.1 cm³/mol. The van der Waals surface area contributed by atoms with Crippen molar-refractivity contribution >= 4 is 11.5 Å². The molecule has 0 radical (unpaired) electrons. The van der Waals surface area contributed by atoms with Gasteiger partial charge in [0.25, 0.3) is 5.19 Å². The first-order chi connectivity index (χ1) is 7.55. The van der Waals surface area contributed by atoms with Gasteiger partial charge in [0.05, 0.1) is 6.61 Å². The molecule has 1 fully saturated rings. The van der Waals surface area contributed by atoms with Crippen molar-refractivity contribution in [3.8, 4) is 5.19 Å². The lowest BCUT2D eigenvalue weighted by Gasteiger charge is -2.12. The van der Waals surface area contributed by atoms with Gasteiger partial charge in [-0.15, -0.1) is 0 Å². The Labute approximate surface area is 101 Å². The summed E-state index contributed by atoms with van der Waals surface area (Å²) < 4.78 is 9.99. The number of rotatable bonds is 3. The molecule has 0 aromatic carbocycles. The van der Waals surface area contributed by atoms with Crippen LogP contribution < -0.4 is 10.1 Å². The van der Waals surface area contributed by atoms with Crippen molar-refractivity contribution in [3.05, 3.63) is 5.82 Å². The Morgan fingerprint density at radius 1 is 1.50 bits per heavy atom. The molecule has 1 aromatic rings. The summed E-state index contributed by atoms with van der Waals surface area (Å²) in [6.45, 7) is 9.26. The van der Waals surface area contributed by atoms with Crippen molar-refractivity contribution in [1.82, 2.24) is 14.7 Å². The van der Waals surface area contributed by atoms with Crippen LogP contribution in [0.25, 0.3) is 0 Å². The van der Waals surface area contributed by atoms with Gasteiger partial charge in [0.15, 0.2) is 5.82 Å². The smallest absolute Gasteiger partial charge is 0.293 e. The standard InChI is InChI=1S/C11H19N3OS/c1-11(2,3)9-13-10(16-14-9)15-7-8-4-5-12-6-8/h8,12H,4-7H2,1-3H3. The molecular formula is C11H19N3OS. The highest BCUT2D eigenvalue weighted by molar-refractivity contribution is 7.07. The Morgan fingerprint density at radius 2 is 2.31 bits per heavy atom. The van der Waals surface area contributed by atoms with E-state index in [4.69, 9.17) is 4.74 Å². The molecule has 0 amide bonds. The van der Waals surface area contributed by atoms with E-state index in [0.29, 0.717) is 11.1 Å². The Morgan fingerprint density at radius 3 is 2.88 bits per heavy atom.